The van der Waals surface area contributed by atoms with Gasteiger partial charge in [0.25, 0.3) is 0 Å². The minimum atomic E-state index is -0.310. The van der Waals surface area contributed by atoms with Gasteiger partial charge in [-0.05, 0) is 71.0 Å². The highest BCUT2D eigenvalue weighted by Crippen LogP contribution is 2.22. The number of halogens is 1. The third kappa shape index (κ3) is 3.50. The molecule has 134 valence electrons. The van der Waals surface area contributed by atoms with Crippen molar-refractivity contribution >= 4 is 29.2 Å². The molecule has 0 radical (unpaired) electrons. The smallest absolute Gasteiger partial charge is 0.216 e. The standard InChI is InChI=1S/C20H15FN4OS/c1-26-18-9-6-15-10-13(2-3-16(15)11-18)12-22-25-19(23-24-20(25)27)14-4-7-17(21)8-5-14/h2-12H,1H3,(H,24,27)/b22-12-. The maximum Gasteiger partial charge on any atom is 0.216 e. The molecular weight excluding hydrogens is 363 g/mol. The van der Waals surface area contributed by atoms with Crippen LogP contribution in [-0.4, -0.2) is 28.2 Å². The number of nitrogens with zero attached hydrogens (tertiary/aromatic N) is 3. The van der Waals surface area contributed by atoms with Crippen LogP contribution in [0.4, 0.5) is 4.39 Å². The number of methoxy groups -OCH3 is 1. The van der Waals surface area contributed by atoms with Crippen LogP contribution in [0.15, 0.2) is 65.8 Å². The molecule has 0 amide bonds. The maximum absolute atomic E-state index is 13.2. The van der Waals surface area contributed by atoms with E-state index in [-0.39, 0.29) is 5.82 Å². The zero-order valence-electron chi connectivity index (χ0n) is 14.4. The highest BCUT2D eigenvalue weighted by Gasteiger charge is 2.08. The molecule has 1 heterocycles. The molecule has 0 unspecified atom stereocenters. The number of hydrogen-bond donors (Lipinski definition) is 1. The van der Waals surface area contributed by atoms with E-state index in [4.69, 9.17) is 17.0 Å². The first kappa shape index (κ1) is 17.1. The minimum Gasteiger partial charge on any atom is -0.497 e. The van der Waals surface area contributed by atoms with Crippen molar-refractivity contribution in [2.45, 2.75) is 0 Å². The number of benzene rings is 3. The van der Waals surface area contributed by atoms with Crippen LogP contribution in [0.5, 0.6) is 5.75 Å². The Kier molecular flexibility index (Phi) is 4.52. The Labute approximate surface area is 159 Å². The van der Waals surface area contributed by atoms with Crippen molar-refractivity contribution in [2.24, 2.45) is 5.10 Å². The zero-order chi connectivity index (χ0) is 18.8. The molecule has 5 nitrogen and oxygen atoms in total. The van der Waals surface area contributed by atoms with Crippen LogP contribution in [-0.2, 0) is 0 Å². The van der Waals surface area contributed by atoms with E-state index in [9.17, 15) is 4.39 Å². The summed E-state index contributed by atoms with van der Waals surface area (Å²) in [5.41, 5.74) is 1.63. The van der Waals surface area contributed by atoms with Gasteiger partial charge in [0.1, 0.15) is 11.6 Å². The number of aromatic amines is 1. The number of fused-ring (bicyclic) bond motifs is 1. The first-order chi connectivity index (χ1) is 13.1. The van der Waals surface area contributed by atoms with Crippen molar-refractivity contribution in [1.29, 1.82) is 0 Å². The largest absolute Gasteiger partial charge is 0.497 e. The lowest BCUT2D eigenvalue weighted by Crippen LogP contribution is -1.95. The minimum absolute atomic E-state index is 0.310. The van der Waals surface area contributed by atoms with Crippen molar-refractivity contribution < 1.29 is 9.13 Å². The van der Waals surface area contributed by atoms with Crippen LogP contribution >= 0.6 is 12.2 Å². The number of rotatable bonds is 4. The molecular formula is C20H15FN4OS. The highest BCUT2D eigenvalue weighted by atomic mass is 32.1. The third-order valence-electron chi connectivity index (χ3n) is 4.15. The molecule has 7 heteroatoms. The highest BCUT2D eigenvalue weighted by molar-refractivity contribution is 7.71. The molecule has 0 spiro atoms. The molecule has 0 saturated heterocycles. The first-order valence-corrected chi connectivity index (χ1v) is 8.60. The summed E-state index contributed by atoms with van der Waals surface area (Å²) in [5.74, 6) is 1.02. The molecule has 0 aliphatic heterocycles. The molecule has 4 aromatic rings. The average Bonchev–Trinajstić information content (AvgIpc) is 3.07. The van der Waals surface area contributed by atoms with Gasteiger partial charge in [0.2, 0.25) is 4.77 Å². The third-order valence-corrected chi connectivity index (χ3v) is 4.41. The summed E-state index contributed by atoms with van der Waals surface area (Å²) in [6, 6.07) is 17.9. The normalized spacial score (nSPS) is 11.3. The van der Waals surface area contributed by atoms with E-state index in [1.807, 2.05) is 36.4 Å². The Morgan fingerprint density at radius 1 is 1.07 bits per heavy atom. The molecule has 27 heavy (non-hydrogen) atoms. The van der Waals surface area contributed by atoms with Crippen molar-refractivity contribution in [3.05, 3.63) is 76.8 Å². The van der Waals surface area contributed by atoms with Gasteiger partial charge >= 0.3 is 0 Å². The van der Waals surface area contributed by atoms with Crippen LogP contribution in [0.25, 0.3) is 22.2 Å². The number of aromatic nitrogens is 3. The van der Waals surface area contributed by atoms with Gasteiger partial charge in [0.15, 0.2) is 5.82 Å². The lowest BCUT2D eigenvalue weighted by atomic mass is 10.1. The van der Waals surface area contributed by atoms with Gasteiger partial charge in [0.05, 0.1) is 13.3 Å². The Bertz CT molecular complexity index is 1190. The molecule has 0 aliphatic rings. The molecule has 0 atom stereocenters. The van der Waals surface area contributed by atoms with E-state index in [1.54, 1.807) is 25.5 Å². The van der Waals surface area contributed by atoms with E-state index >= 15 is 0 Å². The van der Waals surface area contributed by atoms with Crippen molar-refractivity contribution in [1.82, 2.24) is 14.9 Å². The van der Waals surface area contributed by atoms with E-state index in [1.165, 1.54) is 16.8 Å². The van der Waals surface area contributed by atoms with Gasteiger partial charge in [-0.2, -0.15) is 14.9 Å². The first-order valence-electron chi connectivity index (χ1n) is 8.19. The second kappa shape index (κ2) is 7.13. The van der Waals surface area contributed by atoms with Gasteiger partial charge < -0.3 is 4.74 Å². The maximum atomic E-state index is 13.2. The molecule has 3 aromatic carbocycles. The number of hydrogen-bond acceptors (Lipinski definition) is 4. The van der Waals surface area contributed by atoms with Gasteiger partial charge in [-0.1, -0.05) is 18.2 Å². The molecule has 1 N–H and O–H groups in total. The summed E-state index contributed by atoms with van der Waals surface area (Å²) in [7, 11) is 1.65. The Morgan fingerprint density at radius 3 is 2.59 bits per heavy atom. The quantitative estimate of drug-likeness (QED) is 0.410. The average molecular weight is 378 g/mol. The van der Waals surface area contributed by atoms with E-state index < -0.39 is 0 Å². The van der Waals surface area contributed by atoms with E-state index in [2.05, 4.69) is 15.3 Å². The van der Waals surface area contributed by atoms with Gasteiger partial charge in [0, 0.05) is 5.56 Å². The Morgan fingerprint density at radius 2 is 1.81 bits per heavy atom. The Hall–Kier alpha value is -3.32. The zero-order valence-corrected chi connectivity index (χ0v) is 15.2. The van der Waals surface area contributed by atoms with Crippen molar-refractivity contribution in [2.75, 3.05) is 7.11 Å². The molecule has 4 rings (SSSR count). The summed E-state index contributed by atoms with van der Waals surface area (Å²) < 4.78 is 20.3. The van der Waals surface area contributed by atoms with Crippen LogP contribution in [0.3, 0.4) is 0 Å². The lowest BCUT2D eigenvalue weighted by Gasteiger charge is -2.04. The van der Waals surface area contributed by atoms with Crippen molar-refractivity contribution in [3.63, 3.8) is 0 Å². The summed E-state index contributed by atoms with van der Waals surface area (Å²) in [6.45, 7) is 0. The summed E-state index contributed by atoms with van der Waals surface area (Å²) >= 11 is 5.26. The predicted octanol–water partition coefficient (Wildman–Crippen LogP) is 4.79. The fraction of sp³-hybridized carbons (Fsp3) is 0.0500. The molecule has 0 bridgehead atoms. The molecule has 0 saturated carbocycles. The SMILES string of the molecule is COc1ccc2cc(/C=N\n3c(-c4ccc(F)cc4)n[nH]c3=S)ccc2c1. The van der Waals surface area contributed by atoms with Crippen LogP contribution in [0.2, 0.25) is 0 Å². The Balaban J connectivity index is 1.69. The topological polar surface area (TPSA) is 55.2 Å². The van der Waals surface area contributed by atoms with Crippen LogP contribution in [0.1, 0.15) is 5.56 Å². The fourth-order valence-corrected chi connectivity index (χ4v) is 2.94. The van der Waals surface area contributed by atoms with E-state index in [0.29, 0.717) is 16.2 Å². The monoisotopic (exact) mass is 378 g/mol. The molecule has 0 aliphatic carbocycles. The fourth-order valence-electron chi connectivity index (χ4n) is 2.76. The van der Waals surface area contributed by atoms with Crippen molar-refractivity contribution in [3.8, 4) is 17.1 Å². The number of H-pyrrole nitrogens is 1. The van der Waals surface area contributed by atoms with Gasteiger partial charge in [-0.15, -0.1) is 0 Å². The van der Waals surface area contributed by atoms with Gasteiger partial charge in [-0.25, -0.2) is 9.49 Å². The van der Waals surface area contributed by atoms with Gasteiger partial charge in [-0.3, -0.25) is 0 Å². The molecule has 1 aromatic heterocycles. The number of nitrogens with one attached hydrogen (secondary N) is 1. The molecule has 0 fully saturated rings. The second-order valence-corrected chi connectivity index (χ2v) is 6.27. The predicted molar refractivity (Wildman–Crippen MR) is 106 cm³/mol. The second-order valence-electron chi connectivity index (χ2n) is 5.89. The summed E-state index contributed by atoms with van der Waals surface area (Å²) in [5, 5.41) is 13.5. The van der Waals surface area contributed by atoms with Crippen LogP contribution < -0.4 is 4.74 Å². The lowest BCUT2D eigenvalue weighted by molar-refractivity contribution is 0.415. The summed E-state index contributed by atoms with van der Waals surface area (Å²) in [6.07, 6.45) is 1.71. The van der Waals surface area contributed by atoms with E-state index in [0.717, 1.165) is 22.1 Å². The summed E-state index contributed by atoms with van der Waals surface area (Å²) in [4.78, 5) is 0. The number of ether oxygens (including phenoxy) is 1. The van der Waals surface area contributed by atoms with Crippen LogP contribution in [0, 0.1) is 10.6 Å².